The molecule has 0 radical (unpaired) electrons. The van der Waals surface area contributed by atoms with Crippen LogP contribution in [0.15, 0.2) is 41.7 Å². The van der Waals surface area contributed by atoms with Crippen LogP contribution in [0.4, 0.5) is 0 Å². The van der Waals surface area contributed by atoms with E-state index in [1.54, 1.807) is 12.2 Å². The van der Waals surface area contributed by atoms with Crippen LogP contribution < -0.4 is 0 Å². The van der Waals surface area contributed by atoms with Crippen molar-refractivity contribution in [3.63, 3.8) is 0 Å². The van der Waals surface area contributed by atoms with Gasteiger partial charge in [0.1, 0.15) is 0 Å². The summed E-state index contributed by atoms with van der Waals surface area (Å²) in [6.07, 6.45) is 6.58. The second-order valence-corrected chi connectivity index (χ2v) is 2.84. The van der Waals surface area contributed by atoms with E-state index in [0.29, 0.717) is 6.42 Å². The van der Waals surface area contributed by atoms with Crippen molar-refractivity contribution in [1.82, 2.24) is 0 Å². The molecule has 0 saturated heterocycles. The Morgan fingerprint density at radius 2 is 2.25 bits per heavy atom. The fraction of sp³-hybridized carbons (Fsp3) is 0.273. The normalized spacial score (nSPS) is 20.9. The molecule has 0 aromatic rings. The molecular formula is C11H12O. The first kappa shape index (κ1) is 8.76. The molecule has 1 heteroatoms. The molecule has 0 bridgehead atoms. The van der Waals surface area contributed by atoms with Gasteiger partial charge in [-0.3, -0.25) is 4.79 Å². The molecule has 0 N–H and O–H groups in total. The van der Waals surface area contributed by atoms with E-state index < -0.39 is 0 Å². The lowest BCUT2D eigenvalue weighted by Gasteiger charge is -1.93. The molecule has 0 atom stereocenters. The van der Waals surface area contributed by atoms with Crippen LogP contribution in [0, 0.1) is 0 Å². The predicted molar refractivity (Wildman–Crippen MR) is 49.8 cm³/mol. The molecule has 1 nitrogen and oxygen atoms in total. The Morgan fingerprint density at radius 1 is 1.50 bits per heavy atom. The highest BCUT2D eigenvalue weighted by molar-refractivity contribution is 5.90. The van der Waals surface area contributed by atoms with Gasteiger partial charge in [-0.2, -0.15) is 0 Å². The lowest BCUT2D eigenvalue weighted by atomic mass is 10.1. The fourth-order valence-electron chi connectivity index (χ4n) is 0.934. The van der Waals surface area contributed by atoms with Crippen LogP contribution in [-0.4, -0.2) is 5.78 Å². The number of carbonyl (C=O) groups is 1. The molecule has 0 heterocycles. The van der Waals surface area contributed by atoms with Crippen LogP contribution in [0.1, 0.15) is 19.8 Å². The predicted octanol–water partition coefficient (Wildman–Crippen LogP) is 2.56. The van der Waals surface area contributed by atoms with Crippen molar-refractivity contribution in [2.24, 2.45) is 0 Å². The lowest BCUT2D eigenvalue weighted by Crippen LogP contribution is -1.89. The summed E-state index contributed by atoms with van der Waals surface area (Å²) in [5.41, 5.74) is 4.95. The smallest absolute Gasteiger partial charge is 0.156 e. The summed E-state index contributed by atoms with van der Waals surface area (Å²) in [6, 6.07) is 0. The van der Waals surface area contributed by atoms with Crippen molar-refractivity contribution in [1.29, 1.82) is 0 Å². The molecule has 1 aliphatic rings. The van der Waals surface area contributed by atoms with Gasteiger partial charge in [-0.15, -0.1) is 5.73 Å². The first-order valence-electron chi connectivity index (χ1n) is 4.02. The van der Waals surface area contributed by atoms with E-state index >= 15 is 0 Å². The van der Waals surface area contributed by atoms with Crippen molar-refractivity contribution in [2.45, 2.75) is 19.8 Å². The summed E-state index contributed by atoms with van der Waals surface area (Å²) in [6.45, 7) is 5.76. The average molecular weight is 160 g/mol. The van der Waals surface area contributed by atoms with Gasteiger partial charge in [0.05, 0.1) is 0 Å². The van der Waals surface area contributed by atoms with Crippen molar-refractivity contribution in [2.75, 3.05) is 0 Å². The molecule has 1 aliphatic carbocycles. The number of carbonyl (C=O) groups excluding carboxylic acids is 1. The van der Waals surface area contributed by atoms with Gasteiger partial charge in [-0.25, -0.2) is 0 Å². The van der Waals surface area contributed by atoms with Gasteiger partial charge in [0.25, 0.3) is 0 Å². The first-order valence-corrected chi connectivity index (χ1v) is 4.02. The van der Waals surface area contributed by atoms with Crippen LogP contribution in [-0.2, 0) is 4.79 Å². The fourth-order valence-corrected chi connectivity index (χ4v) is 0.934. The summed E-state index contributed by atoms with van der Waals surface area (Å²) in [5, 5.41) is 0. The van der Waals surface area contributed by atoms with Gasteiger partial charge in [-0.05, 0) is 36.6 Å². The quantitative estimate of drug-likeness (QED) is 0.498. The van der Waals surface area contributed by atoms with E-state index in [9.17, 15) is 4.79 Å². The highest BCUT2D eigenvalue weighted by Crippen LogP contribution is 2.09. The van der Waals surface area contributed by atoms with Crippen LogP contribution in [0.3, 0.4) is 0 Å². The zero-order valence-electron chi connectivity index (χ0n) is 7.26. The minimum Gasteiger partial charge on any atom is -0.295 e. The van der Waals surface area contributed by atoms with Crippen LogP contribution in [0.2, 0.25) is 0 Å². The molecule has 62 valence electrons. The third-order valence-corrected chi connectivity index (χ3v) is 1.81. The van der Waals surface area contributed by atoms with Crippen molar-refractivity contribution in [3.8, 4) is 0 Å². The number of allylic oxidation sites excluding steroid dienone is 4. The highest BCUT2D eigenvalue weighted by atomic mass is 16.1. The van der Waals surface area contributed by atoms with Crippen LogP contribution in [0.25, 0.3) is 0 Å². The Balaban J connectivity index is 2.95. The maximum Gasteiger partial charge on any atom is 0.156 e. The van der Waals surface area contributed by atoms with Gasteiger partial charge >= 0.3 is 0 Å². The standard InChI is InChI=1S/C11H12O/c1-9-5-3-4-6-11(12)8-7-10(9)2/h3,7-8H,2,4,6H2,1H3/b8-7-. The molecule has 0 aromatic heterocycles. The van der Waals surface area contributed by atoms with E-state index in [4.69, 9.17) is 0 Å². The molecule has 0 amide bonds. The number of ketones is 1. The van der Waals surface area contributed by atoms with Crippen LogP contribution >= 0.6 is 0 Å². The molecule has 0 aromatic carbocycles. The van der Waals surface area contributed by atoms with Crippen LogP contribution in [0.5, 0.6) is 0 Å². The van der Waals surface area contributed by atoms with Crippen molar-refractivity contribution < 1.29 is 4.79 Å². The Kier molecular flexibility index (Phi) is 2.84. The second kappa shape index (κ2) is 3.89. The summed E-state index contributed by atoms with van der Waals surface area (Å²) < 4.78 is 0. The zero-order chi connectivity index (χ0) is 8.97. The third-order valence-electron chi connectivity index (χ3n) is 1.81. The first-order chi connectivity index (χ1) is 5.70. The molecule has 0 fully saturated rings. The minimum atomic E-state index is 0.156. The SMILES string of the molecule is C=C1/C=C\C(=O)CCC=C=C1C. The van der Waals surface area contributed by atoms with Gasteiger partial charge in [0.2, 0.25) is 0 Å². The van der Waals surface area contributed by atoms with Gasteiger partial charge < -0.3 is 0 Å². The number of hydrogen-bond acceptors (Lipinski definition) is 1. The maximum absolute atomic E-state index is 11.1. The van der Waals surface area contributed by atoms with E-state index in [2.05, 4.69) is 12.3 Å². The Morgan fingerprint density at radius 3 is 3.00 bits per heavy atom. The Hall–Kier alpha value is -1.33. The van der Waals surface area contributed by atoms with E-state index in [1.807, 2.05) is 13.0 Å². The lowest BCUT2D eigenvalue weighted by molar-refractivity contribution is -0.114. The number of hydrogen-bond donors (Lipinski definition) is 0. The molecule has 0 saturated carbocycles. The van der Waals surface area contributed by atoms with Gasteiger partial charge in [0, 0.05) is 6.42 Å². The molecular weight excluding hydrogens is 148 g/mol. The van der Waals surface area contributed by atoms with E-state index in [1.165, 1.54) is 0 Å². The summed E-state index contributed by atoms with van der Waals surface area (Å²) in [4.78, 5) is 11.1. The van der Waals surface area contributed by atoms with Gasteiger partial charge in [0.15, 0.2) is 5.78 Å². The second-order valence-electron chi connectivity index (χ2n) is 2.84. The minimum absolute atomic E-state index is 0.156. The highest BCUT2D eigenvalue weighted by Gasteiger charge is 1.98. The van der Waals surface area contributed by atoms with E-state index in [-0.39, 0.29) is 5.78 Å². The van der Waals surface area contributed by atoms with Crippen molar-refractivity contribution in [3.05, 3.63) is 41.7 Å². The Labute approximate surface area is 72.8 Å². The average Bonchev–Trinajstić information content (AvgIpc) is 2.11. The maximum atomic E-state index is 11.1. The van der Waals surface area contributed by atoms with Crippen molar-refractivity contribution >= 4 is 5.78 Å². The van der Waals surface area contributed by atoms with Gasteiger partial charge in [-0.1, -0.05) is 12.7 Å². The largest absolute Gasteiger partial charge is 0.295 e. The zero-order valence-corrected chi connectivity index (χ0v) is 7.26. The summed E-state index contributed by atoms with van der Waals surface area (Å²) in [5.74, 6) is 0.156. The molecule has 1 rings (SSSR count). The molecule has 0 unspecified atom stereocenters. The topological polar surface area (TPSA) is 17.1 Å². The summed E-state index contributed by atoms with van der Waals surface area (Å²) in [7, 11) is 0. The summed E-state index contributed by atoms with van der Waals surface area (Å²) >= 11 is 0. The molecule has 0 spiro atoms. The third kappa shape index (κ3) is 2.37. The number of rotatable bonds is 0. The van der Waals surface area contributed by atoms with E-state index in [0.717, 1.165) is 17.6 Å². The monoisotopic (exact) mass is 160 g/mol. The molecule has 12 heavy (non-hydrogen) atoms. The Bertz CT molecular complexity index is 299. The molecule has 0 aliphatic heterocycles.